The summed E-state index contributed by atoms with van der Waals surface area (Å²) in [6.45, 7) is 3.83. The lowest BCUT2D eigenvalue weighted by Crippen LogP contribution is -2.30. The van der Waals surface area contributed by atoms with E-state index in [0.717, 1.165) is 0 Å². The Kier molecular flexibility index (Phi) is 2.26. The van der Waals surface area contributed by atoms with Crippen molar-refractivity contribution < 1.29 is 14.6 Å². The quantitative estimate of drug-likeness (QED) is 0.583. The van der Waals surface area contributed by atoms with E-state index in [0.29, 0.717) is 15.8 Å². The first-order valence-corrected chi connectivity index (χ1v) is 5.43. The molecule has 0 unspecified atom stereocenters. The number of phenols is 1. The monoisotopic (exact) mass is 270 g/mol. The number of benzene rings is 1. The summed E-state index contributed by atoms with van der Waals surface area (Å²) >= 11 is 3.25. The van der Waals surface area contributed by atoms with Gasteiger partial charge in [0.05, 0.1) is 6.42 Å². The third kappa shape index (κ3) is 1.74. The van der Waals surface area contributed by atoms with Gasteiger partial charge in [-0.25, -0.2) is 0 Å². The molecule has 0 aromatic heterocycles. The molecular weight excluding hydrogens is 260 g/mol. The van der Waals surface area contributed by atoms with Gasteiger partial charge in [0, 0.05) is 15.5 Å². The molecule has 0 saturated heterocycles. The SMILES string of the molecule is CC1(C)CC(=O)Oc2cc(Br)cc(O)c21. The van der Waals surface area contributed by atoms with Crippen LogP contribution in [0.2, 0.25) is 0 Å². The molecule has 0 saturated carbocycles. The maximum atomic E-state index is 11.3. The second-order valence-electron chi connectivity index (χ2n) is 4.33. The lowest BCUT2D eigenvalue weighted by atomic mass is 9.79. The number of fused-ring (bicyclic) bond motifs is 1. The van der Waals surface area contributed by atoms with Crippen molar-refractivity contribution >= 4 is 21.9 Å². The van der Waals surface area contributed by atoms with Gasteiger partial charge in [-0.15, -0.1) is 0 Å². The van der Waals surface area contributed by atoms with Crippen LogP contribution >= 0.6 is 15.9 Å². The maximum absolute atomic E-state index is 11.3. The fourth-order valence-electron chi connectivity index (χ4n) is 1.94. The van der Waals surface area contributed by atoms with E-state index < -0.39 is 0 Å². The van der Waals surface area contributed by atoms with Crippen molar-refractivity contribution in [3.63, 3.8) is 0 Å². The molecule has 0 atom stereocenters. The topological polar surface area (TPSA) is 46.5 Å². The zero-order chi connectivity index (χ0) is 11.2. The summed E-state index contributed by atoms with van der Waals surface area (Å²) in [6.07, 6.45) is 0.287. The second-order valence-corrected chi connectivity index (χ2v) is 5.25. The second kappa shape index (κ2) is 3.23. The summed E-state index contributed by atoms with van der Waals surface area (Å²) in [7, 11) is 0. The molecule has 1 aliphatic rings. The van der Waals surface area contributed by atoms with Crippen LogP contribution in [0.3, 0.4) is 0 Å². The van der Waals surface area contributed by atoms with E-state index in [4.69, 9.17) is 4.74 Å². The smallest absolute Gasteiger partial charge is 0.312 e. The van der Waals surface area contributed by atoms with Crippen LogP contribution in [0.5, 0.6) is 11.5 Å². The zero-order valence-electron chi connectivity index (χ0n) is 8.50. The molecule has 1 aromatic rings. The minimum absolute atomic E-state index is 0.164. The fraction of sp³-hybridized carbons (Fsp3) is 0.364. The molecule has 0 aliphatic carbocycles. The highest BCUT2D eigenvalue weighted by Crippen LogP contribution is 2.45. The van der Waals surface area contributed by atoms with Crippen molar-refractivity contribution in [1.29, 1.82) is 0 Å². The van der Waals surface area contributed by atoms with Crippen molar-refractivity contribution in [3.8, 4) is 11.5 Å². The van der Waals surface area contributed by atoms with E-state index in [1.54, 1.807) is 12.1 Å². The van der Waals surface area contributed by atoms with E-state index in [1.807, 2.05) is 13.8 Å². The highest BCUT2D eigenvalue weighted by molar-refractivity contribution is 9.10. The lowest BCUT2D eigenvalue weighted by molar-refractivity contribution is -0.137. The van der Waals surface area contributed by atoms with Crippen LogP contribution in [0, 0.1) is 0 Å². The highest BCUT2D eigenvalue weighted by atomic mass is 79.9. The normalized spacial score (nSPS) is 18.2. The summed E-state index contributed by atoms with van der Waals surface area (Å²) in [6, 6.07) is 3.31. The van der Waals surface area contributed by atoms with Crippen LogP contribution in [0.25, 0.3) is 0 Å². The predicted octanol–water partition coefficient (Wildman–Crippen LogP) is 2.74. The summed E-state index contributed by atoms with van der Waals surface area (Å²) in [5, 5.41) is 9.84. The molecule has 4 heteroatoms. The number of hydrogen-bond donors (Lipinski definition) is 1. The van der Waals surface area contributed by atoms with Crippen LogP contribution in [-0.4, -0.2) is 11.1 Å². The van der Waals surface area contributed by atoms with Gasteiger partial charge in [-0.3, -0.25) is 4.79 Å². The van der Waals surface area contributed by atoms with E-state index in [1.165, 1.54) is 0 Å². The predicted molar refractivity (Wildman–Crippen MR) is 59.1 cm³/mol. The molecule has 80 valence electrons. The van der Waals surface area contributed by atoms with Gasteiger partial charge in [0.25, 0.3) is 0 Å². The van der Waals surface area contributed by atoms with Crippen molar-refractivity contribution in [1.82, 2.24) is 0 Å². The maximum Gasteiger partial charge on any atom is 0.312 e. The van der Waals surface area contributed by atoms with Crippen molar-refractivity contribution in [2.24, 2.45) is 0 Å². The number of halogens is 1. The molecule has 0 radical (unpaired) electrons. The standard InChI is InChI=1S/C11H11BrO3/c1-11(2)5-9(14)15-8-4-6(12)3-7(13)10(8)11/h3-4,13H,5H2,1-2H3. The van der Waals surface area contributed by atoms with Gasteiger partial charge in [-0.05, 0) is 12.1 Å². The molecule has 0 spiro atoms. The number of rotatable bonds is 0. The lowest BCUT2D eigenvalue weighted by Gasteiger charge is -2.31. The largest absolute Gasteiger partial charge is 0.507 e. The number of esters is 1. The molecule has 0 fully saturated rings. The number of carbonyl (C=O) groups excluding carboxylic acids is 1. The molecule has 15 heavy (non-hydrogen) atoms. The minimum Gasteiger partial charge on any atom is -0.507 e. The van der Waals surface area contributed by atoms with Crippen molar-refractivity contribution in [2.75, 3.05) is 0 Å². The Hall–Kier alpha value is -1.03. The first kappa shape index (κ1) is 10.5. The first-order chi connectivity index (χ1) is 6.90. The Balaban J connectivity index is 2.67. The summed E-state index contributed by atoms with van der Waals surface area (Å²) in [5.74, 6) is 0.352. The van der Waals surface area contributed by atoms with Gasteiger partial charge >= 0.3 is 5.97 Å². The van der Waals surface area contributed by atoms with Crippen LogP contribution in [0.15, 0.2) is 16.6 Å². The molecule has 1 heterocycles. The van der Waals surface area contributed by atoms with Crippen molar-refractivity contribution in [3.05, 3.63) is 22.2 Å². The average Bonchev–Trinajstić information content (AvgIpc) is 1.97. The van der Waals surface area contributed by atoms with E-state index in [2.05, 4.69) is 15.9 Å². The Morgan fingerprint density at radius 2 is 2.13 bits per heavy atom. The van der Waals surface area contributed by atoms with Gasteiger partial charge in [-0.1, -0.05) is 29.8 Å². The number of phenolic OH excluding ortho intramolecular Hbond substituents is 1. The zero-order valence-corrected chi connectivity index (χ0v) is 10.1. The Morgan fingerprint density at radius 3 is 2.80 bits per heavy atom. The van der Waals surface area contributed by atoms with Crippen LogP contribution in [0.1, 0.15) is 25.8 Å². The van der Waals surface area contributed by atoms with Gasteiger partial charge < -0.3 is 9.84 Å². The van der Waals surface area contributed by atoms with Crippen molar-refractivity contribution in [2.45, 2.75) is 25.7 Å². The van der Waals surface area contributed by atoms with Crippen LogP contribution in [-0.2, 0) is 10.2 Å². The molecule has 1 aromatic carbocycles. The Bertz CT molecular complexity index is 438. The molecular formula is C11H11BrO3. The van der Waals surface area contributed by atoms with E-state index >= 15 is 0 Å². The van der Waals surface area contributed by atoms with Gasteiger partial charge in [0.1, 0.15) is 11.5 Å². The molecule has 2 rings (SSSR count). The third-order valence-corrected chi connectivity index (χ3v) is 2.99. The highest BCUT2D eigenvalue weighted by Gasteiger charge is 2.36. The van der Waals surface area contributed by atoms with Gasteiger partial charge in [0.15, 0.2) is 0 Å². The molecule has 3 nitrogen and oxygen atoms in total. The Morgan fingerprint density at radius 1 is 1.47 bits per heavy atom. The number of aromatic hydroxyl groups is 1. The molecule has 0 bridgehead atoms. The fourth-order valence-corrected chi connectivity index (χ4v) is 2.36. The molecule has 1 N–H and O–H groups in total. The first-order valence-electron chi connectivity index (χ1n) is 4.64. The number of ether oxygens (including phenoxy) is 1. The number of hydrogen-bond acceptors (Lipinski definition) is 3. The summed E-state index contributed by atoms with van der Waals surface area (Å²) in [4.78, 5) is 11.3. The van der Waals surface area contributed by atoms with Crippen LogP contribution in [0.4, 0.5) is 0 Å². The summed E-state index contributed by atoms with van der Waals surface area (Å²) in [5.41, 5.74) is 0.320. The van der Waals surface area contributed by atoms with Gasteiger partial charge in [-0.2, -0.15) is 0 Å². The van der Waals surface area contributed by atoms with Crippen LogP contribution < -0.4 is 4.74 Å². The van der Waals surface area contributed by atoms with Gasteiger partial charge in [0.2, 0.25) is 0 Å². The van der Waals surface area contributed by atoms with E-state index in [9.17, 15) is 9.90 Å². The average molecular weight is 271 g/mol. The Labute approximate surface area is 96.2 Å². The number of carbonyl (C=O) groups is 1. The third-order valence-electron chi connectivity index (χ3n) is 2.53. The summed E-state index contributed by atoms with van der Waals surface area (Å²) < 4.78 is 5.80. The van der Waals surface area contributed by atoms with E-state index in [-0.39, 0.29) is 23.6 Å². The minimum atomic E-state index is -0.380. The molecule has 0 amide bonds. The molecule has 1 aliphatic heterocycles.